The zero-order valence-electron chi connectivity index (χ0n) is 5.42. The third kappa shape index (κ3) is 1.22. The highest BCUT2D eigenvalue weighted by molar-refractivity contribution is 6.58. The lowest BCUT2D eigenvalue weighted by atomic mass is 9.61. The molecule has 0 aromatic rings. The van der Waals surface area contributed by atoms with Crippen LogP contribution in [0, 0.1) is 4.91 Å². The molecule has 10 heavy (non-hydrogen) atoms. The number of aldehydes is 1. The smallest absolute Gasteiger partial charge is 0.300 e. The van der Waals surface area contributed by atoms with Crippen LogP contribution in [0.3, 0.4) is 0 Å². The molecule has 1 heterocycles. The van der Waals surface area contributed by atoms with Crippen molar-refractivity contribution in [3.8, 4) is 0 Å². The number of carbonyl (C=O) groups is 1. The predicted molar refractivity (Wildman–Crippen MR) is 35.7 cm³/mol. The summed E-state index contributed by atoms with van der Waals surface area (Å²) in [7, 11) is 0. The Balaban J connectivity index is 2.56. The molecule has 5 heteroatoms. The third-order valence-corrected chi connectivity index (χ3v) is 1.83. The topological polar surface area (TPSA) is 46.5 Å². The molecule has 1 aliphatic rings. The molecule has 1 fully saturated rings. The van der Waals surface area contributed by atoms with Crippen molar-refractivity contribution in [2.45, 2.75) is 24.7 Å². The average Bonchev–Trinajstić information content (AvgIpc) is 2.33. The van der Waals surface area contributed by atoms with Gasteiger partial charge in [-0.05, 0) is 19.1 Å². The summed E-state index contributed by atoms with van der Waals surface area (Å²) in [4.78, 5) is 19.9. The van der Waals surface area contributed by atoms with E-state index in [1.807, 2.05) is 0 Å². The Kier molecular flexibility index (Phi) is 1.83. The van der Waals surface area contributed by atoms with E-state index >= 15 is 0 Å². The van der Waals surface area contributed by atoms with Crippen LogP contribution in [0.1, 0.15) is 6.42 Å². The number of hydrogen-bond donors (Lipinski definition) is 0. The van der Waals surface area contributed by atoms with Crippen LogP contribution in [-0.2, 0) is 4.79 Å². The van der Waals surface area contributed by atoms with E-state index in [4.69, 9.17) is 0 Å². The number of carbonyl (C=O) groups excluding carboxylic acids is 1. The van der Waals surface area contributed by atoms with Gasteiger partial charge in [-0.3, -0.25) is 4.79 Å². The molecule has 1 aliphatic heterocycles. The number of alkyl halides is 1. The van der Waals surface area contributed by atoms with Crippen molar-refractivity contribution < 1.29 is 9.18 Å². The van der Waals surface area contributed by atoms with Crippen molar-refractivity contribution in [2.75, 3.05) is 0 Å². The number of nitrogens with zero attached hydrogens (tertiary/aromatic N) is 1. The van der Waals surface area contributed by atoms with Crippen molar-refractivity contribution >= 4 is 13.1 Å². The lowest BCUT2D eigenvalue weighted by Crippen LogP contribution is -2.20. The summed E-state index contributed by atoms with van der Waals surface area (Å²) in [5.41, 5.74) is -1.77. The molecule has 0 radical (unpaired) electrons. The molecular weight excluding hydrogens is 136 g/mol. The number of rotatable bonds is 2. The zero-order chi connectivity index (χ0) is 7.61. The Hall–Kier alpha value is -0.735. The van der Waals surface area contributed by atoms with E-state index in [9.17, 15) is 14.1 Å². The van der Waals surface area contributed by atoms with Gasteiger partial charge in [-0.2, -0.15) is 4.91 Å². The van der Waals surface area contributed by atoms with Gasteiger partial charge < -0.3 is 0 Å². The molecule has 1 rings (SSSR count). The van der Waals surface area contributed by atoms with E-state index in [1.165, 1.54) is 0 Å². The minimum Gasteiger partial charge on any atom is -0.300 e. The van der Waals surface area contributed by atoms with Crippen LogP contribution < -0.4 is 0 Å². The molecule has 0 amide bonds. The molecule has 0 N–H and O–H groups in total. The highest BCUT2D eigenvalue weighted by Gasteiger charge is 2.42. The number of nitroso groups, excluding NO2 is 1. The standard InChI is InChI=1S/C5H7BFNO2/c7-5(4-9)1-2-6(3-5)8-10/h4H,1-3H2. The Morgan fingerprint density at radius 2 is 2.40 bits per heavy atom. The first-order chi connectivity index (χ1) is 4.70. The van der Waals surface area contributed by atoms with Gasteiger partial charge in [0.2, 0.25) is 0 Å². The van der Waals surface area contributed by atoms with Gasteiger partial charge >= 0.3 is 6.85 Å². The van der Waals surface area contributed by atoms with Crippen molar-refractivity contribution in [3.05, 3.63) is 4.91 Å². The maximum Gasteiger partial charge on any atom is 0.341 e. The molecule has 0 saturated carbocycles. The summed E-state index contributed by atoms with van der Waals surface area (Å²) >= 11 is 0. The van der Waals surface area contributed by atoms with Crippen molar-refractivity contribution in [3.63, 3.8) is 0 Å². The summed E-state index contributed by atoms with van der Waals surface area (Å²) in [5.74, 6) is 0. The van der Waals surface area contributed by atoms with Crippen LogP contribution in [0.5, 0.6) is 0 Å². The van der Waals surface area contributed by atoms with E-state index < -0.39 is 12.5 Å². The van der Waals surface area contributed by atoms with Gasteiger partial charge in [-0.1, -0.05) is 0 Å². The maximum atomic E-state index is 12.9. The molecule has 0 aromatic heterocycles. The highest BCUT2D eigenvalue weighted by atomic mass is 19.1. The monoisotopic (exact) mass is 143 g/mol. The van der Waals surface area contributed by atoms with E-state index in [-0.39, 0.29) is 19.0 Å². The van der Waals surface area contributed by atoms with E-state index in [0.717, 1.165) is 0 Å². The van der Waals surface area contributed by atoms with Crippen LogP contribution in [-0.4, -0.2) is 18.8 Å². The normalized spacial score (nSPS) is 32.3. The van der Waals surface area contributed by atoms with Crippen molar-refractivity contribution in [1.29, 1.82) is 0 Å². The second-order valence-corrected chi connectivity index (χ2v) is 2.65. The number of halogens is 1. The van der Waals surface area contributed by atoms with Gasteiger partial charge in [-0.15, -0.1) is 5.09 Å². The van der Waals surface area contributed by atoms with Crippen LogP contribution in [0.25, 0.3) is 0 Å². The van der Waals surface area contributed by atoms with E-state index in [2.05, 4.69) is 5.09 Å². The first-order valence-electron chi connectivity index (χ1n) is 3.18. The van der Waals surface area contributed by atoms with Crippen LogP contribution in [0.15, 0.2) is 5.09 Å². The van der Waals surface area contributed by atoms with Gasteiger partial charge in [0.05, 0.1) is 0 Å². The lowest BCUT2D eigenvalue weighted by molar-refractivity contribution is -0.116. The summed E-state index contributed by atoms with van der Waals surface area (Å²) in [6.45, 7) is -0.491. The second kappa shape index (κ2) is 2.48. The minimum absolute atomic E-state index is 0.0278. The number of hydrogen-bond acceptors (Lipinski definition) is 3. The van der Waals surface area contributed by atoms with Gasteiger partial charge in [0.1, 0.15) is 0 Å². The Morgan fingerprint density at radius 3 is 2.70 bits per heavy atom. The second-order valence-electron chi connectivity index (χ2n) is 2.65. The lowest BCUT2D eigenvalue weighted by Gasteiger charge is -2.07. The van der Waals surface area contributed by atoms with E-state index in [1.54, 1.807) is 0 Å². The average molecular weight is 143 g/mol. The van der Waals surface area contributed by atoms with Crippen LogP contribution >= 0.6 is 0 Å². The fourth-order valence-electron chi connectivity index (χ4n) is 1.20. The van der Waals surface area contributed by atoms with Crippen LogP contribution in [0.2, 0.25) is 12.6 Å². The minimum atomic E-state index is -1.77. The molecule has 1 atom stereocenters. The largest absolute Gasteiger partial charge is 0.341 e. The molecule has 1 unspecified atom stereocenters. The fourth-order valence-corrected chi connectivity index (χ4v) is 1.20. The van der Waals surface area contributed by atoms with Gasteiger partial charge in [0.25, 0.3) is 0 Å². The molecule has 1 saturated heterocycles. The van der Waals surface area contributed by atoms with Crippen molar-refractivity contribution in [2.24, 2.45) is 5.09 Å². The molecule has 0 bridgehead atoms. The molecule has 0 aliphatic carbocycles. The zero-order valence-corrected chi connectivity index (χ0v) is 5.42. The van der Waals surface area contributed by atoms with Crippen LogP contribution in [0.4, 0.5) is 4.39 Å². The maximum absolute atomic E-state index is 12.9. The molecule has 3 nitrogen and oxygen atoms in total. The molecule has 0 aromatic carbocycles. The van der Waals surface area contributed by atoms with Gasteiger partial charge in [0.15, 0.2) is 12.0 Å². The quantitative estimate of drug-likeness (QED) is 0.329. The summed E-state index contributed by atoms with van der Waals surface area (Å²) < 4.78 is 12.9. The third-order valence-electron chi connectivity index (χ3n) is 1.83. The summed E-state index contributed by atoms with van der Waals surface area (Å²) in [5, 5.41) is 2.68. The van der Waals surface area contributed by atoms with Crippen molar-refractivity contribution in [1.82, 2.24) is 0 Å². The van der Waals surface area contributed by atoms with E-state index in [0.29, 0.717) is 6.32 Å². The Labute approximate surface area is 58.1 Å². The molecule has 0 spiro atoms. The first kappa shape index (κ1) is 7.37. The molecule has 54 valence electrons. The Morgan fingerprint density at radius 1 is 1.70 bits per heavy atom. The van der Waals surface area contributed by atoms with Gasteiger partial charge in [0, 0.05) is 0 Å². The summed E-state index contributed by atoms with van der Waals surface area (Å²) in [6.07, 6.45) is 0.795. The summed E-state index contributed by atoms with van der Waals surface area (Å²) in [6, 6.07) is 0. The predicted octanol–water partition coefficient (Wildman–Crippen LogP) is 1.06. The first-order valence-corrected chi connectivity index (χ1v) is 3.18. The highest BCUT2D eigenvalue weighted by Crippen LogP contribution is 2.32. The Bertz CT molecular complexity index is 166. The van der Waals surface area contributed by atoms with Gasteiger partial charge in [-0.25, -0.2) is 4.39 Å². The molecular formula is C5H7BFNO2. The SMILES string of the molecule is O=CC1(F)CCB(N=O)C1. The fraction of sp³-hybridized carbons (Fsp3) is 0.800.